The van der Waals surface area contributed by atoms with E-state index in [0.717, 1.165) is 12.3 Å². The zero-order valence-electron chi connectivity index (χ0n) is 17.8. The highest BCUT2D eigenvalue weighted by molar-refractivity contribution is 7.90. The van der Waals surface area contributed by atoms with Crippen LogP contribution in [0.15, 0.2) is 47.4 Å². The van der Waals surface area contributed by atoms with E-state index in [2.05, 4.69) is 21.3 Å². The van der Waals surface area contributed by atoms with Gasteiger partial charge in [0, 0.05) is 31.5 Å². The normalized spacial score (nSPS) is 11.0. The number of hydrogen-bond donors (Lipinski definition) is 4. The van der Waals surface area contributed by atoms with Crippen molar-refractivity contribution in [1.82, 2.24) is 10.6 Å². The van der Waals surface area contributed by atoms with Crippen LogP contribution in [0.25, 0.3) is 0 Å². The van der Waals surface area contributed by atoms with Crippen molar-refractivity contribution in [3.63, 3.8) is 0 Å². The van der Waals surface area contributed by atoms with Gasteiger partial charge in [-0.3, -0.25) is 14.9 Å². The Morgan fingerprint density at radius 1 is 1.06 bits per heavy atom. The molecule has 4 N–H and O–H groups in total. The molecule has 0 aliphatic carbocycles. The molecular weight excluding hydrogens is 438 g/mol. The van der Waals surface area contributed by atoms with E-state index < -0.39 is 26.7 Å². The first-order valence-corrected chi connectivity index (χ1v) is 11.5. The van der Waals surface area contributed by atoms with Gasteiger partial charge in [-0.25, -0.2) is 13.2 Å². The Labute approximate surface area is 185 Å². The second kappa shape index (κ2) is 10.6. The number of nitrogens with zero attached hydrogens (tertiary/aromatic N) is 1. The largest absolute Gasteiger partial charge is 0.378 e. The van der Waals surface area contributed by atoms with Crippen LogP contribution in [-0.2, 0) is 9.84 Å². The van der Waals surface area contributed by atoms with Crippen molar-refractivity contribution in [2.45, 2.75) is 24.8 Å². The minimum absolute atomic E-state index is 0.0716. The van der Waals surface area contributed by atoms with Gasteiger partial charge in [0.1, 0.15) is 5.69 Å². The number of rotatable bonds is 9. The van der Waals surface area contributed by atoms with Gasteiger partial charge in [0.15, 0.2) is 9.84 Å². The molecule has 172 valence electrons. The fourth-order valence-electron chi connectivity index (χ4n) is 2.72. The molecule has 32 heavy (non-hydrogen) atoms. The Morgan fingerprint density at radius 3 is 2.38 bits per heavy atom. The van der Waals surface area contributed by atoms with Gasteiger partial charge in [0.05, 0.1) is 21.1 Å². The van der Waals surface area contributed by atoms with Crippen LogP contribution in [-0.4, -0.2) is 50.7 Å². The number of benzene rings is 2. The van der Waals surface area contributed by atoms with Crippen molar-refractivity contribution >= 4 is 38.8 Å². The Kier molecular flexibility index (Phi) is 8.13. The molecule has 0 bridgehead atoms. The molecule has 0 saturated carbocycles. The first-order valence-electron chi connectivity index (χ1n) is 9.66. The average Bonchev–Trinajstić information content (AvgIpc) is 2.70. The van der Waals surface area contributed by atoms with Crippen molar-refractivity contribution in [2.75, 3.05) is 30.0 Å². The summed E-state index contributed by atoms with van der Waals surface area (Å²) in [5.41, 5.74) is 0.340. The van der Waals surface area contributed by atoms with Gasteiger partial charge in [-0.05, 0) is 38.1 Å². The number of para-hydroxylation sites is 1. The summed E-state index contributed by atoms with van der Waals surface area (Å²) in [6.45, 7) is 3.89. The molecule has 2 rings (SSSR count). The first kappa shape index (κ1) is 24.6. The Bertz CT molecular complexity index is 1120. The summed E-state index contributed by atoms with van der Waals surface area (Å²) in [4.78, 5) is 34.9. The lowest BCUT2D eigenvalue weighted by Gasteiger charge is -2.14. The lowest BCUT2D eigenvalue weighted by Crippen LogP contribution is -2.35. The summed E-state index contributed by atoms with van der Waals surface area (Å²) < 4.78 is 23.2. The van der Waals surface area contributed by atoms with E-state index in [1.807, 2.05) is 13.8 Å². The van der Waals surface area contributed by atoms with Crippen LogP contribution in [0.2, 0.25) is 0 Å². The van der Waals surface area contributed by atoms with Crippen LogP contribution in [0.1, 0.15) is 24.2 Å². The van der Waals surface area contributed by atoms with E-state index in [-0.39, 0.29) is 41.0 Å². The molecule has 3 amide bonds. The summed E-state index contributed by atoms with van der Waals surface area (Å²) in [6, 6.07) is 9.55. The molecule has 2 aromatic carbocycles. The first-order chi connectivity index (χ1) is 15.0. The van der Waals surface area contributed by atoms with Crippen LogP contribution in [0, 0.1) is 10.1 Å². The van der Waals surface area contributed by atoms with Crippen molar-refractivity contribution in [3.8, 4) is 0 Å². The second-order valence-electron chi connectivity index (χ2n) is 7.19. The number of nitrogens with one attached hydrogen (secondary N) is 4. The second-order valence-corrected chi connectivity index (χ2v) is 9.21. The van der Waals surface area contributed by atoms with Crippen molar-refractivity contribution in [2.24, 2.45) is 0 Å². The predicted octanol–water partition coefficient (Wildman–Crippen LogP) is 2.37. The smallest absolute Gasteiger partial charge is 0.319 e. The van der Waals surface area contributed by atoms with Gasteiger partial charge in [0.2, 0.25) is 0 Å². The average molecular weight is 464 g/mol. The molecule has 0 spiro atoms. The van der Waals surface area contributed by atoms with E-state index >= 15 is 0 Å². The van der Waals surface area contributed by atoms with Crippen LogP contribution in [0.3, 0.4) is 0 Å². The number of urea groups is 1. The topological polar surface area (TPSA) is 160 Å². The lowest BCUT2D eigenvalue weighted by atomic mass is 10.1. The molecule has 0 unspecified atom stereocenters. The van der Waals surface area contributed by atoms with Gasteiger partial charge < -0.3 is 21.3 Å². The zero-order valence-corrected chi connectivity index (χ0v) is 18.7. The molecule has 0 fully saturated rings. The number of amides is 3. The van der Waals surface area contributed by atoms with Gasteiger partial charge in [-0.15, -0.1) is 0 Å². The monoisotopic (exact) mass is 463 g/mol. The molecule has 11 nitrogen and oxygen atoms in total. The Morgan fingerprint density at radius 2 is 1.75 bits per heavy atom. The Hall–Kier alpha value is -3.67. The highest BCUT2D eigenvalue weighted by atomic mass is 32.2. The fraction of sp³-hybridized carbons (Fsp3) is 0.300. The van der Waals surface area contributed by atoms with Gasteiger partial charge in [-0.2, -0.15) is 0 Å². The van der Waals surface area contributed by atoms with E-state index in [1.54, 1.807) is 24.3 Å². The van der Waals surface area contributed by atoms with Gasteiger partial charge >= 0.3 is 6.03 Å². The molecule has 2 aromatic rings. The van der Waals surface area contributed by atoms with Crippen LogP contribution >= 0.6 is 0 Å². The molecule has 0 radical (unpaired) electrons. The summed E-state index contributed by atoms with van der Waals surface area (Å²) in [5.74, 6) is -0.436. The van der Waals surface area contributed by atoms with E-state index in [4.69, 9.17) is 0 Å². The van der Waals surface area contributed by atoms with Crippen LogP contribution in [0.5, 0.6) is 0 Å². The summed E-state index contributed by atoms with van der Waals surface area (Å²) in [5, 5.41) is 22.1. The van der Waals surface area contributed by atoms with Crippen molar-refractivity contribution < 1.29 is 22.9 Å². The standard InChI is InChI=1S/C20H25N5O6S/c1-13(2)23-20(27)24-16-7-5-4-6-15(16)19(26)22-11-10-21-17-9-8-14(32(3,30)31)12-18(17)25(28)29/h4-9,12-13,21H,10-11H2,1-3H3,(H,22,26)(H2,23,24,27). The molecule has 0 saturated heterocycles. The van der Waals surface area contributed by atoms with Crippen LogP contribution < -0.4 is 21.3 Å². The lowest BCUT2D eigenvalue weighted by molar-refractivity contribution is -0.384. The molecule has 0 heterocycles. The zero-order chi connectivity index (χ0) is 23.9. The number of carbonyl (C=O) groups is 2. The highest BCUT2D eigenvalue weighted by Gasteiger charge is 2.19. The Balaban J connectivity index is 2.00. The third-order valence-corrected chi connectivity index (χ3v) is 5.27. The number of nitro groups is 1. The molecule has 0 aromatic heterocycles. The molecule has 0 aliphatic rings. The molecule has 12 heteroatoms. The minimum atomic E-state index is -3.59. The van der Waals surface area contributed by atoms with E-state index in [1.165, 1.54) is 12.1 Å². The fourth-order valence-corrected chi connectivity index (χ4v) is 3.36. The maximum absolute atomic E-state index is 12.5. The third kappa shape index (κ3) is 6.94. The number of nitro benzene ring substituents is 1. The minimum Gasteiger partial charge on any atom is -0.378 e. The number of anilines is 2. The highest BCUT2D eigenvalue weighted by Crippen LogP contribution is 2.27. The van der Waals surface area contributed by atoms with Crippen molar-refractivity contribution in [1.29, 1.82) is 0 Å². The molecule has 0 aliphatic heterocycles. The van der Waals surface area contributed by atoms with Crippen molar-refractivity contribution in [3.05, 3.63) is 58.1 Å². The van der Waals surface area contributed by atoms with E-state index in [0.29, 0.717) is 5.69 Å². The molecular formula is C20H25N5O6S. The van der Waals surface area contributed by atoms with E-state index in [9.17, 15) is 28.1 Å². The number of carbonyl (C=O) groups excluding carboxylic acids is 2. The summed E-state index contributed by atoms with van der Waals surface area (Å²) in [7, 11) is -3.59. The summed E-state index contributed by atoms with van der Waals surface area (Å²) >= 11 is 0. The predicted molar refractivity (Wildman–Crippen MR) is 121 cm³/mol. The van der Waals surface area contributed by atoms with Gasteiger partial charge in [0.25, 0.3) is 11.6 Å². The SMILES string of the molecule is CC(C)NC(=O)Nc1ccccc1C(=O)NCCNc1ccc(S(C)(=O)=O)cc1[N+](=O)[O-]. The maximum Gasteiger partial charge on any atom is 0.319 e. The quantitative estimate of drug-likeness (QED) is 0.252. The number of hydrogen-bond acceptors (Lipinski definition) is 7. The van der Waals surface area contributed by atoms with Crippen LogP contribution in [0.4, 0.5) is 21.9 Å². The molecule has 0 atom stereocenters. The maximum atomic E-state index is 12.5. The van der Waals surface area contributed by atoms with Gasteiger partial charge in [-0.1, -0.05) is 12.1 Å². The third-order valence-electron chi connectivity index (χ3n) is 4.16. The summed E-state index contributed by atoms with van der Waals surface area (Å²) in [6.07, 6.45) is 0.966. The number of sulfone groups is 1.